The fourth-order valence-corrected chi connectivity index (χ4v) is 4.84. The molecule has 0 saturated carbocycles. The summed E-state index contributed by atoms with van der Waals surface area (Å²) in [6.07, 6.45) is -1.59. The molecule has 14 heteroatoms. The zero-order valence-electron chi connectivity index (χ0n) is 26.0. The van der Waals surface area contributed by atoms with Crippen molar-refractivity contribution in [3.05, 3.63) is 102 Å². The lowest BCUT2D eigenvalue weighted by atomic mass is 10.1. The normalized spacial score (nSPS) is 19.2. The maximum atomic E-state index is 12.8. The van der Waals surface area contributed by atoms with E-state index >= 15 is 0 Å². The van der Waals surface area contributed by atoms with Gasteiger partial charge in [-0.25, -0.2) is 24.0 Å². The van der Waals surface area contributed by atoms with Crippen LogP contribution in [0.15, 0.2) is 85.5 Å². The van der Waals surface area contributed by atoms with E-state index in [0.29, 0.717) is 12.8 Å². The van der Waals surface area contributed by atoms with Crippen molar-refractivity contribution >= 4 is 30.0 Å². The SMILES string of the molecule is C=CC(=O)OCCCCOC(=O)Oc1ccc(C(=O)Oc2ccc(C(=O)O[C@H]3COC4C3OC[C@H]4OC(=O)c3ccc(O)cc3)cc2)cc1. The maximum Gasteiger partial charge on any atom is 0.513 e. The topological polar surface area (TPSA) is 179 Å². The van der Waals surface area contributed by atoms with E-state index in [4.69, 9.17) is 37.9 Å². The molecule has 5 rings (SSSR count). The third-order valence-electron chi connectivity index (χ3n) is 7.34. The molecule has 4 atom stereocenters. The van der Waals surface area contributed by atoms with E-state index in [1.165, 1.54) is 72.8 Å². The fourth-order valence-electron chi connectivity index (χ4n) is 4.84. The van der Waals surface area contributed by atoms with Gasteiger partial charge in [-0.05, 0) is 85.6 Å². The molecular formula is C35H32O14. The first kappa shape index (κ1) is 34.6. The first-order valence-corrected chi connectivity index (χ1v) is 15.2. The monoisotopic (exact) mass is 676 g/mol. The van der Waals surface area contributed by atoms with E-state index in [1.54, 1.807) is 0 Å². The Kier molecular flexibility index (Phi) is 11.6. The standard InChI is InChI=1S/C35H32O14/c1-2-29(37)42-17-3-4-18-43-35(41)47-26-15-9-22(10-16-26)32(38)46-25-13-7-23(8-14-25)34(40)49-28-20-45-30-27(19-44-31(28)30)48-33(39)21-5-11-24(36)12-6-21/h2,5-16,27-28,30-31,36H,1,3-4,17-20H2/t27-,28+,30?,31?/m1/s1. The molecule has 1 N–H and O–H groups in total. The Balaban J connectivity index is 1.03. The fraction of sp³-hybridized carbons (Fsp3) is 0.286. The Morgan fingerprint density at radius 1 is 0.653 bits per heavy atom. The van der Waals surface area contributed by atoms with Gasteiger partial charge in [0.1, 0.15) is 29.5 Å². The number of carbonyl (C=O) groups excluding carboxylic acids is 5. The summed E-state index contributed by atoms with van der Waals surface area (Å²) in [5.41, 5.74) is 0.633. The molecule has 2 fully saturated rings. The number of carbonyl (C=O) groups is 5. The molecule has 2 saturated heterocycles. The number of unbranched alkanes of at least 4 members (excludes halogenated alkanes) is 1. The molecule has 49 heavy (non-hydrogen) atoms. The van der Waals surface area contributed by atoms with E-state index in [1.807, 2.05) is 0 Å². The molecule has 0 aliphatic carbocycles. The van der Waals surface area contributed by atoms with Crippen LogP contribution in [-0.2, 0) is 33.2 Å². The van der Waals surface area contributed by atoms with Crippen molar-refractivity contribution in [2.75, 3.05) is 26.4 Å². The molecule has 14 nitrogen and oxygen atoms in total. The van der Waals surface area contributed by atoms with Gasteiger partial charge in [0.25, 0.3) is 0 Å². The molecule has 2 heterocycles. The Morgan fingerprint density at radius 3 is 1.61 bits per heavy atom. The summed E-state index contributed by atoms with van der Waals surface area (Å²) in [6, 6.07) is 17.0. The zero-order chi connectivity index (χ0) is 34.8. The van der Waals surface area contributed by atoms with Gasteiger partial charge in [-0.1, -0.05) is 6.58 Å². The highest BCUT2D eigenvalue weighted by atomic mass is 16.7. The number of benzene rings is 3. The molecule has 0 bridgehead atoms. The van der Waals surface area contributed by atoms with E-state index < -0.39 is 54.4 Å². The van der Waals surface area contributed by atoms with E-state index in [-0.39, 0.29) is 60.4 Å². The number of aromatic hydroxyl groups is 1. The highest BCUT2D eigenvalue weighted by molar-refractivity contribution is 5.92. The molecule has 256 valence electrons. The minimum Gasteiger partial charge on any atom is -0.508 e. The lowest BCUT2D eigenvalue weighted by Gasteiger charge is -2.17. The van der Waals surface area contributed by atoms with Crippen molar-refractivity contribution in [2.45, 2.75) is 37.3 Å². The van der Waals surface area contributed by atoms with E-state index in [2.05, 4.69) is 6.58 Å². The van der Waals surface area contributed by atoms with Crippen LogP contribution in [0.4, 0.5) is 4.79 Å². The van der Waals surface area contributed by atoms with Crippen LogP contribution >= 0.6 is 0 Å². The van der Waals surface area contributed by atoms with Crippen LogP contribution in [0, 0.1) is 0 Å². The lowest BCUT2D eigenvalue weighted by Crippen LogP contribution is -2.36. The molecule has 0 spiro atoms. The van der Waals surface area contributed by atoms with E-state index in [9.17, 15) is 29.1 Å². The van der Waals surface area contributed by atoms with Gasteiger partial charge in [-0.15, -0.1) is 0 Å². The summed E-state index contributed by atoms with van der Waals surface area (Å²) < 4.78 is 42.9. The summed E-state index contributed by atoms with van der Waals surface area (Å²) in [7, 11) is 0. The largest absolute Gasteiger partial charge is 0.513 e. The lowest BCUT2D eigenvalue weighted by molar-refractivity contribution is -0.137. The zero-order valence-corrected chi connectivity index (χ0v) is 26.0. The van der Waals surface area contributed by atoms with Crippen LogP contribution in [0.25, 0.3) is 0 Å². The summed E-state index contributed by atoms with van der Waals surface area (Å²) in [5.74, 6) is -2.11. The maximum absolute atomic E-state index is 12.8. The second kappa shape index (κ2) is 16.4. The van der Waals surface area contributed by atoms with Crippen LogP contribution in [0.3, 0.4) is 0 Å². The van der Waals surface area contributed by atoms with Gasteiger partial charge in [-0.3, -0.25) is 0 Å². The molecule has 2 aliphatic rings. The molecular weight excluding hydrogens is 644 g/mol. The second-order valence-electron chi connectivity index (χ2n) is 10.7. The highest BCUT2D eigenvalue weighted by Crippen LogP contribution is 2.32. The molecule has 2 unspecified atom stereocenters. The van der Waals surface area contributed by atoms with Crippen molar-refractivity contribution in [1.29, 1.82) is 0 Å². The van der Waals surface area contributed by atoms with E-state index in [0.717, 1.165) is 6.08 Å². The average molecular weight is 677 g/mol. The van der Waals surface area contributed by atoms with Gasteiger partial charge in [0.05, 0.1) is 43.1 Å². The van der Waals surface area contributed by atoms with Gasteiger partial charge in [0, 0.05) is 6.08 Å². The van der Waals surface area contributed by atoms with Crippen LogP contribution < -0.4 is 9.47 Å². The van der Waals surface area contributed by atoms with Crippen LogP contribution in [0.5, 0.6) is 17.2 Å². The summed E-state index contributed by atoms with van der Waals surface area (Å²) >= 11 is 0. The molecule has 0 aromatic heterocycles. The van der Waals surface area contributed by atoms with Gasteiger partial charge in [0.15, 0.2) is 12.2 Å². The van der Waals surface area contributed by atoms with Crippen molar-refractivity contribution in [1.82, 2.24) is 0 Å². The average Bonchev–Trinajstić information content (AvgIpc) is 3.69. The Bertz CT molecular complexity index is 1650. The predicted octanol–water partition coefficient (Wildman–Crippen LogP) is 4.18. The quantitative estimate of drug-likeness (QED) is 0.0680. The Morgan fingerprint density at radius 2 is 1.10 bits per heavy atom. The minimum absolute atomic E-state index is 0.0218. The Labute approximate surface area is 280 Å². The highest BCUT2D eigenvalue weighted by Gasteiger charge is 2.51. The first-order valence-electron chi connectivity index (χ1n) is 15.2. The molecule has 0 radical (unpaired) electrons. The summed E-state index contributed by atoms with van der Waals surface area (Å²) in [5, 5.41) is 9.42. The smallest absolute Gasteiger partial charge is 0.508 e. The molecule has 3 aromatic rings. The van der Waals surface area contributed by atoms with Crippen molar-refractivity contribution in [3.8, 4) is 17.2 Å². The number of ether oxygens (including phenoxy) is 8. The van der Waals surface area contributed by atoms with Gasteiger partial charge in [-0.2, -0.15) is 0 Å². The van der Waals surface area contributed by atoms with Crippen molar-refractivity contribution < 1.29 is 67.0 Å². The third kappa shape index (κ3) is 9.43. The van der Waals surface area contributed by atoms with Crippen LogP contribution in [0.2, 0.25) is 0 Å². The van der Waals surface area contributed by atoms with Crippen molar-refractivity contribution in [3.63, 3.8) is 0 Å². The number of fused-ring (bicyclic) bond motifs is 1. The number of hydrogen-bond donors (Lipinski definition) is 1. The number of esters is 4. The molecule has 3 aromatic carbocycles. The summed E-state index contributed by atoms with van der Waals surface area (Å²) in [4.78, 5) is 60.8. The first-order chi connectivity index (χ1) is 23.7. The minimum atomic E-state index is -0.926. The second-order valence-corrected chi connectivity index (χ2v) is 10.7. The van der Waals surface area contributed by atoms with Gasteiger partial charge < -0.3 is 43.0 Å². The summed E-state index contributed by atoms with van der Waals surface area (Å²) in [6.45, 7) is 3.65. The number of hydrogen-bond acceptors (Lipinski definition) is 14. The number of phenolic OH excluding ortho intramolecular Hbond substituents is 1. The van der Waals surface area contributed by atoms with Gasteiger partial charge >= 0.3 is 30.0 Å². The van der Waals surface area contributed by atoms with Crippen LogP contribution in [-0.4, -0.2) is 86.0 Å². The number of rotatable bonds is 13. The Hall–Kier alpha value is -5.73. The van der Waals surface area contributed by atoms with Crippen molar-refractivity contribution in [2.24, 2.45) is 0 Å². The third-order valence-corrected chi connectivity index (χ3v) is 7.34. The van der Waals surface area contributed by atoms with Crippen LogP contribution in [0.1, 0.15) is 43.9 Å². The number of phenols is 1. The predicted molar refractivity (Wildman–Crippen MR) is 166 cm³/mol. The molecule has 0 amide bonds. The molecule has 2 aliphatic heterocycles. The van der Waals surface area contributed by atoms with Gasteiger partial charge in [0.2, 0.25) is 0 Å².